The van der Waals surface area contributed by atoms with Gasteiger partial charge in [0, 0.05) is 12.1 Å². The number of rotatable bonds is 8. The van der Waals surface area contributed by atoms with Crippen LogP contribution in [-0.2, 0) is 16.6 Å². The fourth-order valence-electron chi connectivity index (χ4n) is 3.58. The Morgan fingerprint density at radius 1 is 1.10 bits per heavy atom. The minimum Gasteiger partial charge on any atom is -0.319 e. The normalized spacial score (nSPS) is 11.9. The highest BCUT2D eigenvalue weighted by Crippen LogP contribution is 2.28. The van der Waals surface area contributed by atoms with Gasteiger partial charge < -0.3 is 4.57 Å². The largest absolute Gasteiger partial charge is 0.319 e. The van der Waals surface area contributed by atoms with Crippen LogP contribution in [0.1, 0.15) is 30.1 Å². The lowest BCUT2D eigenvalue weighted by Crippen LogP contribution is -2.11. The number of carbonyl (C=O) groups is 1. The van der Waals surface area contributed by atoms with Crippen LogP contribution < -0.4 is 5.14 Å². The Labute approximate surface area is 185 Å². The topological polar surface area (TPSA) is 95.0 Å². The van der Waals surface area contributed by atoms with Gasteiger partial charge in [-0.3, -0.25) is 4.79 Å². The lowest BCUT2D eigenvalue weighted by Gasteiger charge is -2.09. The zero-order valence-corrected chi connectivity index (χ0v) is 18.7. The summed E-state index contributed by atoms with van der Waals surface area (Å²) in [6.07, 6.45) is 1.96. The molecule has 31 heavy (non-hydrogen) atoms. The Kier molecular flexibility index (Phi) is 6.13. The Hall–Kier alpha value is -2.68. The molecule has 0 aliphatic carbocycles. The number of primary sulfonamides is 1. The molecule has 4 aromatic rings. The van der Waals surface area contributed by atoms with Crippen LogP contribution in [0.3, 0.4) is 0 Å². The van der Waals surface area contributed by atoms with Gasteiger partial charge in [-0.25, -0.2) is 18.5 Å². The van der Waals surface area contributed by atoms with E-state index in [4.69, 9.17) is 5.14 Å². The van der Waals surface area contributed by atoms with E-state index in [0.29, 0.717) is 16.2 Å². The number of carbonyl (C=O) groups excluding carboxylic acids is 1. The van der Waals surface area contributed by atoms with Crippen molar-refractivity contribution in [2.24, 2.45) is 5.14 Å². The molecule has 6 nitrogen and oxygen atoms in total. The molecule has 160 valence electrons. The number of nitrogens with zero attached hydrogens (tertiary/aromatic N) is 2. The number of hydrogen-bond donors (Lipinski definition) is 1. The van der Waals surface area contributed by atoms with Crippen molar-refractivity contribution < 1.29 is 13.2 Å². The molecule has 0 aliphatic heterocycles. The molecule has 3 aromatic carbocycles. The fraction of sp³-hybridized carbons (Fsp3) is 0.217. The molecule has 0 bridgehead atoms. The monoisotopic (exact) mass is 453 g/mol. The number of Topliss-reactive ketones (excluding diaryl/α,β-unsaturated/α-hetero) is 1. The maximum absolute atomic E-state index is 13.0. The van der Waals surface area contributed by atoms with Crippen LogP contribution in [0.15, 0.2) is 70.7 Å². The van der Waals surface area contributed by atoms with Crippen LogP contribution in [-0.4, -0.2) is 29.5 Å². The molecular weight excluding hydrogens is 430 g/mol. The van der Waals surface area contributed by atoms with E-state index >= 15 is 0 Å². The Morgan fingerprint density at radius 3 is 2.65 bits per heavy atom. The lowest BCUT2D eigenvalue weighted by molar-refractivity contribution is 0.102. The standard InChI is InChI=1S/C23H23N3O3S2/c1-2-3-13-26-21-12-11-17(31(24,28)29)14-20(21)25-23(26)30-15-22(27)19-10-6-8-16-7-4-5-9-18(16)19/h4-12,14H,2-3,13,15H2,1H3,(H2,24,28,29). The van der Waals surface area contributed by atoms with Gasteiger partial charge in [0.1, 0.15) is 0 Å². The van der Waals surface area contributed by atoms with E-state index in [-0.39, 0.29) is 16.4 Å². The van der Waals surface area contributed by atoms with Gasteiger partial charge in [-0.15, -0.1) is 0 Å². The predicted molar refractivity (Wildman–Crippen MR) is 125 cm³/mol. The molecule has 0 unspecified atom stereocenters. The number of fused-ring (bicyclic) bond motifs is 2. The van der Waals surface area contributed by atoms with E-state index in [0.717, 1.165) is 35.7 Å². The molecule has 0 atom stereocenters. The average molecular weight is 454 g/mol. The second-order valence-corrected chi connectivity index (χ2v) is 9.84. The smallest absolute Gasteiger partial charge is 0.238 e. The van der Waals surface area contributed by atoms with Crippen molar-refractivity contribution in [2.75, 3.05) is 5.75 Å². The molecule has 1 aromatic heterocycles. The molecule has 4 rings (SSSR count). The molecule has 0 amide bonds. The molecule has 0 spiro atoms. The molecule has 2 N–H and O–H groups in total. The summed E-state index contributed by atoms with van der Waals surface area (Å²) in [6, 6.07) is 18.3. The number of thioether (sulfide) groups is 1. The molecule has 0 radical (unpaired) electrons. The van der Waals surface area contributed by atoms with Crippen molar-refractivity contribution in [3.63, 3.8) is 0 Å². The second-order valence-electron chi connectivity index (χ2n) is 7.33. The quantitative estimate of drug-likeness (QED) is 0.310. The van der Waals surface area contributed by atoms with Crippen molar-refractivity contribution in [3.8, 4) is 0 Å². The van der Waals surface area contributed by atoms with Gasteiger partial charge in [0.05, 0.1) is 21.7 Å². The summed E-state index contributed by atoms with van der Waals surface area (Å²) in [6.45, 7) is 2.85. The first kappa shape index (κ1) is 21.5. The van der Waals surface area contributed by atoms with Gasteiger partial charge in [-0.05, 0) is 35.4 Å². The van der Waals surface area contributed by atoms with Crippen LogP contribution in [0.25, 0.3) is 21.8 Å². The van der Waals surface area contributed by atoms with Crippen molar-refractivity contribution in [1.29, 1.82) is 0 Å². The summed E-state index contributed by atoms with van der Waals surface area (Å²) in [5, 5.41) is 7.94. The van der Waals surface area contributed by atoms with Gasteiger partial charge in [0.2, 0.25) is 10.0 Å². The maximum Gasteiger partial charge on any atom is 0.238 e. The van der Waals surface area contributed by atoms with Crippen LogP contribution in [0.5, 0.6) is 0 Å². The minimum absolute atomic E-state index is 0.0288. The number of hydrogen-bond acceptors (Lipinski definition) is 5. The number of aryl methyl sites for hydroxylation is 1. The first-order valence-electron chi connectivity index (χ1n) is 10.1. The van der Waals surface area contributed by atoms with E-state index < -0.39 is 10.0 Å². The number of ketones is 1. The predicted octanol–water partition coefficient (Wildman–Crippen LogP) is 4.61. The highest BCUT2D eigenvalue weighted by Gasteiger charge is 2.17. The number of nitrogens with two attached hydrogens (primary N) is 1. The first-order valence-corrected chi connectivity index (χ1v) is 12.6. The summed E-state index contributed by atoms with van der Waals surface area (Å²) >= 11 is 1.37. The minimum atomic E-state index is -3.81. The summed E-state index contributed by atoms with van der Waals surface area (Å²) in [5.41, 5.74) is 2.09. The van der Waals surface area contributed by atoms with Crippen molar-refractivity contribution in [2.45, 2.75) is 36.4 Å². The van der Waals surface area contributed by atoms with Crippen molar-refractivity contribution in [1.82, 2.24) is 9.55 Å². The van der Waals surface area contributed by atoms with E-state index in [2.05, 4.69) is 11.9 Å². The molecule has 0 aliphatic rings. The summed E-state index contributed by atoms with van der Waals surface area (Å²) < 4.78 is 25.5. The number of sulfonamides is 1. The van der Waals surface area contributed by atoms with E-state index in [1.54, 1.807) is 6.07 Å². The zero-order valence-electron chi connectivity index (χ0n) is 17.1. The molecule has 0 fully saturated rings. The van der Waals surface area contributed by atoms with Crippen molar-refractivity contribution in [3.05, 3.63) is 66.2 Å². The van der Waals surface area contributed by atoms with Gasteiger partial charge >= 0.3 is 0 Å². The number of aromatic nitrogens is 2. The van der Waals surface area contributed by atoms with E-state index in [9.17, 15) is 13.2 Å². The fourth-order valence-corrected chi connectivity index (χ4v) is 5.04. The first-order chi connectivity index (χ1) is 14.9. The Balaban J connectivity index is 1.65. The second kappa shape index (κ2) is 8.82. The summed E-state index contributed by atoms with van der Waals surface area (Å²) in [7, 11) is -3.81. The molecule has 0 saturated carbocycles. The van der Waals surface area contributed by atoms with Crippen LogP contribution in [0.2, 0.25) is 0 Å². The molecule has 8 heteroatoms. The van der Waals surface area contributed by atoms with Gasteiger partial charge in [0.25, 0.3) is 0 Å². The third-order valence-electron chi connectivity index (χ3n) is 5.17. The van der Waals surface area contributed by atoms with Crippen LogP contribution in [0, 0.1) is 0 Å². The average Bonchev–Trinajstić information content (AvgIpc) is 3.11. The molecular formula is C23H23N3O3S2. The highest BCUT2D eigenvalue weighted by atomic mass is 32.2. The SMILES string of the molecule is CCCCn1c(SCC(=O)c2cccc3ccccc23)nc2cc(S(N)(=O)=O)ccc21. The maximum atomic E-state index is 13.0. The summed E-state index contributed by atoms with van der Waals surface area (Å²) in [5.74, 6) is 0.270. The zero-order chi connectivity index (χ0) is 22.0. The number of unbranched alkanes of at least 4 members (excludes halogenated alkanes) is 1. The van der Waals surface area contributed by atoms with Gasteiger partial charge in [-0.1, -0.05) is 67.6 Å². The third-order valence-corrected chi connectivity index (χ3v) is 7.06. The number of benzene rings is 3. The Morgan fingerprint density at radius 2 is 1.87 bits per heavy atom. The van der Waals surface area contributed by atoms with E-state index in [1.807, 2.05) is 47.0 Å². The van der Waals surface area contributed by atoms with E-state index in [1.165, 1.54) is 23.9 Å². The Bertz CT molecular complexity index is 1370. The third kappa shape index (κ3) is 4.51. The molecule has 0 saturated heterocycles. The van der Waals surface area contributed by atoms with Gasteiger partial charge in [-0.2, -0.15) is 0 Å². The number of imidazole rings is 1. The van der Waals surface area contributed by atoms with Crippen LogP contribution >= 0.6 is 11.8 Å². The highest BCUT2D eigenvalue weighted by molar-refractivity contribution is 7.99. The van der Waals surface area contributed by atoms with Crippen LogP contribution in [0.4, 0.5) is 0 Å². The molecule has 1 heterocycles. The van der Waals surface area contributed by atoms with Crippen molar-refractivity contribution >= 4 is 49.4 Å². The summed E-state index contributed by atoms with van der Waals surface area (Å²) in [4.78, 5) is 17.7. The van der Waals surface area contributed by atoms with Gasteiger partial charge in [0.15, 0.2) is 10.9 Å². The lowest BCUT2D eigenvalue weighted by atomic mass is 10.0.